The molecule has 0 spiro atoms. The molecule has 27 heavy (non-hydrogen) atoms. The molecule has 0 bridgehead atoms. The maximum absolute atomic E-state index is 6.11. The molecular weight excluding hydrogens is 376 g/mol. The molecule has 2 heterocycles. The molecule has 1 aliphatic rings. The van der Waals surface area contributed by atoms with E-state index in [0.29, 0.717) is 5.13 Å². The normalized spacial score (nSPS) is 17.1. The summed E-state index contributed by atoms with van der Waals surface area (Å²) in [5, 5.41) is 3.48. The lowest BCUT2D eigenvalue weighted by atomic mass is 9.96. The highest BCUT2D eigenvalue weighted by atomic mass is 35.5. The Bertz CT molecular complexity index is 857. The molecule has 1 unspecified atom stereocenters. The first-order valence-electron chi connectivity index (χ1n) is 9.16. The summed E-state index contributed by atoms with van der Waals surface area (Å²) < 4.78 is 0. The molecule has 2 aromatic carbocycles. The standard InChI is InChI=1S/C21H23ClN4S/c22-18-8-6-17(7-9-18)20(16-4-2-1-3-5-16)26-12-10-25(11-13-26)14-19-15-27-21(23)24-19/h1-9,15,20H,10-14H2,(H2,23,24). The monoisotopic (exact) mass is 398 g/mol. The first-order chi connectivity index (χ1) is 13.2. The third-order valence-corrected chi connectivity index (χ3v) is 6.00. The average molecular weight is 399 g/mol. The topological polar surface area (TPSA) is 45.4 Å². The van der Waals surface area contributed by atoms with Gasteiger partial charge in [-0.25, -0.2) is 4.98 Å². The lowest BCUT2D eigenvalue weighted by Gasteiger charge is -2.39. The summed E-state index contributed by atoms with van der Waals surface area (Å²) in [6, 6.07) is 19.2. The van der Waals surface area contributed by atoms with Crippen LogP contribution in [0.1, 0.15) is 22.9 Å². The Labute approximate surface area is 169 Å². The largest absolute Gasteiger partial charge is 0.375 e. The minimum atomic E-state index is 0.250. The van der Waals surface area contributed by atoms with Crippen LogP contribution in [0, 0.1) is 0 Å². The van der Waals surface area contributed by atoms with E-state index in [2.05, 4.69) is 62.6 Å². The van der Waals surface area contributed by atoms with Crippen LogP contribution in [0.5, 0.6) is 0 Å². The van der Waals surface area contributed by atoms with Crippen molar-refractivity contribution in [3.63, 3.8) is 0 Å². The van der Waals surface area contributed by atoms with Gasteiger partial charge in [0.1, 0.15) is 0 Å². The molecule has 1 saturated heterocycles. The van der Waals surface area contributed by atoms with Crippen LogP contribution in [0.4, 0.5) is 5.13 Å². The molecule has 6 heteroatoms. The van der Waals surface area contributed by atoms with Gasteiger partial charge in [0.25, 0.3) is 0 Å². The predicted octanol–water partition coefficient (Wildman–Crippen LogP) is 4.29. The second kappa shape index (κ2) is 8.40. The average Bonchev–Trinajstić information content (AvgIpc) is 3.10. The molecule has 4 nitrogen and oxygen atoms in total. The predicted molar refractivity (Wildman–Crippen MR) is 113 cm³/mol. The van der Waals surface area contributed by atoms with Crippen LogP contribution in [0.25, 0.3) is 0 Å². The Morgan fingerprint density at radius 2 is 1.63 bits per heavy atom. The summed E-state index contributed by atoms with van der Waals surface area (Å²) in [7, 11) is 0. The van der Waals surface area contributed by atoms with Crippen molar-refractivity contribution in [2.24, 2.45) is 0 Å². The SMILES string of the molecule is Nc1nc(CN2CCN(C(c3ccccc3)c3ccc(Cl)cc3)CC2)cs1. The molecule has 3 aromatic rings. The number of nitrogens with zero attached hydrogens (tertiary/aromatic N) is 3. The molecule has 140 valence electrons. The first-order valence-corrected chi connectivity index (χ1v) is 10.4. The number of hydrogen-bond donors (Lipinski definition) is 1. The van der Waals surface area contributed by atoms with Crippen molar-refractivity contribution in [3.05, 3.63) is 81.8 Å². The number of thiazole rings is 1. The van der Waals surface area contributed by atoms with Gasteiger partial charge in [0.2, 0.25) is 0 Å². The van der Waals surface area contributed by atoms with Crippen LogP contribution in [0.15, 0.2) is 60.0 Å². The highest BCUT2D eigenvalue weighted by Gasteiger charge is 2.26. The number of aromatic nitrogens is 1. The lowest BCUT2D eigenvalue weighted by Crippen LogP contribution is -2.47. The van der Waals surface area contributed by atoms with E-state index >= 15 is 0 Å². The van der Waals surface area contributed by atoms with Gasteiger partial charge in [-0.1, -0.05) is 54.1 Å². The van der Waals surface area contributed by atoms with Crippen LogP contribution in [0.3, 0.4) is 0 Å². The highest BCUT2D eigenvalue weighted by molar-refractivity contribution is 7.13. The van der Waals surface area contributed by atoms with Gasteiger partial charge in [0.15, 0.2) is 5.13 Å². The van der Waals surface area contributed by atoms with Gasteiger partial charge in [-0.3, -0.25) is 9.80 Å². The molecule has 1 aromatic heterocycles. The number of benzene rings is 2. The van der Waals surface area contributed by atoms with E-state index in [4.69, 9.17) is 17.3 Å². The van der Waals surface area contributed by atoms with Gasteiger partial charge in [-0.15, -0.1) is 11.3 Å². The van der Waals surface area contributed by atoms with E-state index in [9.17, 15) is 0 Å². The van der Waals surface area contributed by atoms with E-state index < -0.39 is 0 Å². The van der Waals surface area contributed by atoms with Gasteiger partial charge in [0.05, 0.1) is 11.7 Å². The van der Waals surface area contributed by atoms with E-state index in [1.54, 1.807) is 0 Å². The molecule has 0 aliphatic carbocycles. The molecule has 1 atom stereocenters. The number of piperazine rings is 1. The quantitative estimate of drug-likeness (QED) is 0.696. The van der Waals surface area contributed by atoms with E-state index in [-0.39, 0.29) is 6.04 Å². The zero-order valence-corrected chi connectivity index (χ0v) is 16.7. The van der Waals surface area contributed by atoms with Crippen molar-refractivity contribution in [2.45, 2.75) is 12.6 Å². The second-order valence-corrected chi connectivity index (χ2v) is 8.18. The van der Waals surface area contributed by atoms with E-state index in [0.717, 1.165) is 43.4 Å². The summed E-state index contributed by atoms with van der Waals surface area (Å²) in [6.07, 6.45) is 0. The Balaban J connectivity index is 1.49. The lowest BCUT2D eigenvalue weighted by molar-refractivity contribution is 0.104. The minimum Gasteiger partial charge on any atom is -0.375 e. The van der Waals surface area contributed by atoms with Crippen molar-refractivity contribution in [1.29, 1.82) is 0 Å². The van der Waals surface area contributed by atoms with Gasteiger partial charge in [-0.05, 0) is 23.3 Å². The van der Waals surface area contributed by atoms with Gasteiger partial charge in [-0.2, -0.15) is 0 Å². The molecular formula is C21H23ClN4S. The van der Waals surface area contributed by atoms with Crippen LogP contribution in [-0.4, -0.2) is 41.0 Å². The Morgan fingerprint density at radius 1 is 0.963 bits per heavy atom. The summed E-state index contributed by atoms with van der Waals surface area (Å²) in [5.74, 6) is 0. The third-order valence-electron chi connectivity index (χ3n) is 5.03. The Hall–Kier alpha value is -1.92. The fraction of sp³-hybridized carbons (Fsp3) is 0.286. The molecule has 1 aliphatic heterocycles. The van der Waals surface area contributed by atoms with E-state index in [1.165, 1.54) is 22.5 Å². The fourth-order valence-corrected chi connectivity index (χ4v) is 4.38. The highest BCUT2D eigenvalue weighted by Crippen LogP contribution is 2.30. The molecule has 2 N–H and O–H groups in total. The zero-order valence-electron chi connectivity index (χ0n) is 15.1. The van der Waals surface area contributed by atoms with Crippen molar-refractivity contribution in [3.8, 4) is 0 Å². The summed E-state index contributed by atoms with van der Waals surface area (Å²) >= 11 is 7.62. The maximum atomic E-state index is 6.11. The maximum Gasteiger partial charge on any atom is 0.180 e. The number of halogens is 1. The van der Waals surface area contributed by atoms with Crippen LogP contribution in [0.2, 0.25) is 5.02 Å². The Morgan fingerprint density at radius 3 is 2.26 bits per heavy atom. The van der Waals surface area contributed by atoms with E-state index in [1.807, 2.05) is 12.1 Å². The number of nitrogens with two attached hydrogens (primary N) is 1. The molecule has 0 radical (unpaired) electrons. The first kappa shape index (κ1) is 18.4. The summed E-state index contributed by atoms with van der Waals surface area (Å²) in [4.78, 5) is 9.40. The van der Waals surface area contributed by atoms with Crippen molar-refractivity contribution >= 4 is 28.1 Å². The zero-order chi connectivity index (χ0) is 18.6. The van der Waals surface area contributed by atoms with Gasteiger partial charge in [0, 0.05) is 43.1 Å². The fourth-order valence-electron chi connectivity index (χ4n) is 3.70. The van der Waals surface area contributed by atoms with Crippen molar-refractivity contribution < 1.29 is 0 Å². The number of anilines is 1. The summed E-state index contributed by atoms with van der Waals surface area (Å²) in [6.45, 7) is 4.95. The number of nitrogen functional groups attached to an aromatic ring is 1. The van der Waals surface area contributed by atoms with Crippen molar-refractivity contribution in [2.75, 3.05) is 31.9 Å². The number of rotatable bonds is 5. The number of hydrogen-bond acceptors (Lipinski definition) is 5. The van der Waals surface area contributed by atoms with Crippen LogP contribution in [-0.2, 0) is 6.54 Å². The smallest absolute Gasteiger partial charge is 0.180 e. The van der Waals surface area contributed by atoms with Gasteiger partial charge < -0.3 is 5.73 Å². The van der Waals surface area contributed by atoms with Crippen LogP contribution < -0.4 is 5.73 Å². The second-order valence-electron chi connectivity index (χ2n) is 6.85. The minimum absolute atomic E-state index is 0.250. The molecule has 1 fully saturated rings. The summed E-state index contributed by atoms with van der Waals surface area (Å²) in [5.41, 5.74) is 9.43. The van der Waals surface area contributed by atoms with Gasteiger partial charge >= 0.3 is 0 Å². The van der Waals surface area contributed by atoms with Crippen LogP contribution >= 0.6 is 22.9 Å². The molecule has 4 rings (SSSR count). The third kappa shape index (κ3) is 4.50. The molecule has 0 amide bonds. The Kier molecular flexibility index (Phi) is 5.74. The van der Waals surface area contributed by atoms with Crippen molar-refractivity contribution in [1.82, 2.24) is 14.8 Å². The molecule has 0 saturated carbocycles.